The summed E-state index contributed by atoms with van der Waals surface area (Å²) in [6, 6.07) is 4.34. The first kappa shape index (κ1) is 17.6. The lowest BCUT2D eigenvalue weighted by atomic mass is 10.0. The number of aromatic carboxylic acids is 1. The van der Waals surface area contributed by atoms with E-state index in [2.05, 4.69) is 15.1 Å². The summed E-state index contributed by atoms with van der Waals surface area (Å²) in [5.41, 5.74) is 0.934. The van der Waals surface area contributed by atoms with Gasteiger partial charge in [0.05, 0.1) is 25.1 Å². The van der Waals surface area contributed by atoms with Crippen molar-refractivity contribution in [3.8, 4) is 22.7 Å². The molecule has 0 saturated carbocycles. The number of carboxylic acids is 1. The summed E-state index contributed by atoms with van der Waals surface area (Å²) >= 11 is 5.96. The van der Waals surface area contributed by atoms with Crippen LogP contribution in [0.4, 0.5) is 0 Å². The Bertz CT molecular complexity index is 1060. The summed E-state index contributed by atoms with van der Waals surface area (Å²) in [4.78, 5) is 31.8. The van der Waals surface area contributed by atoms with Crippen molar-refractivity contribution >= 4 is 17.6 Å². The van der Waals surface area contributed by atoms with Crippen LogP contribution in [0.2, 0.25) is 5.15 Å². The van der Waals surface area contributed by atoms with E-state index in [1.54, 1.807) is 6.92 Å². The highest BCUT2D eigenvalue weighted by molar-refractivity contribution is 6.29. The first-order chi connectivity index (χ1) is 12.4. The lowest BCUT2D eigenvalue weighted by Gasteiger charge is -2.13. The second-order valence-corrected chi connectivity index (χ2v) is 5.77. The third kappa shape index (κ3) is 3.27. The molecule has 0 radical (unpaired) electrons. The number of pyridine rings is 2. The van der Waals surface area contributed by atoms with Gasteiger partial charge in [0.2, 0.25) is 0 Å². The van der Waals surface area contributed by atoms with Crippen LogP contribution in [0.3, 0.4) is 0 Å². The maximum atomic E-state index is 12.2. The van der Waals surface area contributed by atoms with Gasteiger partial charge in [0, 0.05) is 23.4 Å². The zero-order chi connectivity index (χ0) is 18.8. The van der Waals surface area contributed by atoms with Gasteiger partial charge in [0.1, 0.15) is 10.9 Å². The molecule has 0 aromatic carbocycles. The van der Waals surface area contributed by atoms with E-state index in [0.29, 0.717) is 16.9 Å². The number of methoxy groups -OCH3 is 1. The van der Waals surface area contributed by atoms with Crippen molar-refractivity contribution in [3.05, 3.63) is 63.4 Å². The number of hydrogen-bond donors (Lipinski definition) is 1. The van der Waals surface area contributed by atoms with Crippen molar-refractivity contribution in [2.45, 2.75) is 6.92 Å². The van der Waals surface area contributed by atoms with Gasteiger partial charge in [-0.2, -0.15) is 9.78 Å². The van der Waals surface area contributed by atoms with Crippen molar-refractivity contribution < 1.29 is 14.6 Å². The Labute approximate surface area is 152 Å². The van der Waals surface area contributed by atoms with E-state index >= 15 is 0 Å². The van der Waals surface area contributed by atoms with Crippen molar-refractivity contribution in [1.29, 1.82) is 0 Å². The molecule has 3 aromatic heterocycles. The summed E-state index contributed by atoms with van der Waals surface area (Å²) in [5, 5.41) is 13.7. The van der Waals surface area contributed by atoms with Crippen LogP contribution in [0.15, 0.2) is 41.6 Å². The van der Waals surface area contributed by atoms with Crippen molar-refractivity contribution in [1.82, 2.24) is 19.7 Å². The summed E-state index contributed by atoms with van der Waals surface area (Å²) in [6.45, 7) is 1.74. The van der Waals surface area contributed by atoms with Gasteiger partial charge in [-0.25, -0.2) is 14.8 Å². The van der Waals surface area contributed by atoms with Gasteiger partial charge in [0.25, 0.3) is 5.56 Å². The minimum Gasteiger partial charge on any atom is -0.494 e. The smallest absolute Gasteiger partial charge is 0.337 e. The number of halogens is 1. The number of aryl methyl sites for hydroxylation is 1. The molecule has 0 aliphatic rings. The van der Waals surface area contributed by atoms with Gasteiger partial charge in [0.15, 0.2) is 5.82 Å². The van der Waals surface area contributed by atoms with Crippen LogP contribution in [0.5, 0.6) is 5.75 Å². The monoisotopic (exact) mass is 372 g/mol. The summed E-state index contributed by atoms with van der Waals surface area (Å²) in [6.07, 6.45) is 4.06. The number of hydrogen-bond acceptors (Lipinski definition) is 6. The Morgan fingerprint density at radius 1 is 1.15 bits per heavy atom. The van der Waals surface area contributed by atoms with Crippen LogP contribution < -0.4 is 10.3 Å². The Balaban J connectivity index is 2.28. The summed E-state index contributed by atoms with van der Waals surface area (Å²) in [7, 11) is 1.43. The lowest BCUT2D eigenvalue weighted by molar-refractivity contribution is 0.0697. The maximum Gasteiger partial charge on any atom is 0.337 e. The van der Waals surface area contributed by atoms with Gasteiger partial charge in [-0.1, -0.05) is 11.6 Å². The predicted octanol–water partition coefficient (Wildman–Crippen LogP) is 2.36. The average molecular weight is 373 g/mol. The normalized spacial score (nSPS) is 10.6. The summed E-state index contributed by atoms with van der Waals surface area (Å²) < 4.78 is 6.34. The van der Waals surface area contributed by atoms with Gasteiger partial charge in [-0.15, -0.1) is 0 Å². The number of ether oxygens (including phenoxy) is 1. The Hall–Kier alpha value is -3.26. The highest BCUT2D eigenvalue weighted by atomic mass is 35.5. The molecule has 0 saturated heterocycles. The lowest BCUT2D eigenvalue weighted by Crippen LogP contribution is -2.21. The third-order valence-electron chi connectivity index (χ3n) is 3.62. The minimum atomic E-state index is -1.18. The molecule has 0 unspecified atom stereocenters. The van der Waals surface area contributed by atoms with E-state index in [1.165, 1.54) is 37.7 Å². The molecule has 3 heterocycles. The van der Waals surface area contributed by atoms with Crippen LogP contribution in [-0.4, -0.2) is 37.9 Å². The first-order valence-corrected chi connectivity index (χ1v) is 7.78. The molecular weight excluding hydrogens is 360 g/mol. The molecule has 0 aliphatic carbocycles. The average Bonchev–Trinajstić information content (AvgIpc) is 2.61. The molecule has 0 spiro atoms. The Kier molecular flexibility index (Phi) is 4.68. The van der Waals surface area contributed by atoms with Crippen LogP contribution in [0, 0.1) is 6.92 Å². The van der Waals surface area contributed by atoms with Crippen LogP contribution >= 0.6 is 11.6 Å². The quantitative estimate of drug-likeness (QED) is 0.700. The largest absolute Gasteiger partial charge is 0.494 e. The minimum absolute atomic E-state index is 0.0746. The fraction of sp³-hybridized carbons (Fsp3) is 0.118. The van der Waals surface area contributed by atoms with Crippen molar-refractivity contribution in [3.63, 3.8) is 0 Å². The molecule has 0 amide bonds. The topological polar surface area (TPSA) is 107 Å². The highest BCUT2D eigenvalue weighted by Crippen LogP contribution is 2.34. The molecule has 0 bridgehead atoms. The molecule has 3 aromatic rings. The number of aromatic nitrogens is 4. The molecule has 1 N–H and O–H groups in total. The zero-order valence-electron chi connectivity index (χ0n) is 13.8. The van der Waals surface area contributed by atoms with Crippen LogP contribution in [0.1, 0.15) is 15.9 Å². The molecule has 132 valence electrons. The SMILES string of the molecule is COc1cnc(Cl)cc1-c1cc(-n2ncc(C)cc2=O)ncc1C(=O)O. The van der Waals surface area contributed by atoms with Crippen molar-refractivity contribution in [2.24, 2.45) is 0 Å². The van der Waals surface area contributed by atoms with E-state index in [9.17, 15) is 14.7 Å². The standard InChI is InChI=1S/C17H13ClN4O4/c1-9-3-16(23)22(21-6-9)15-5-10(12(7-20-15)17(24)25)11-4-14(18)19-8-13(11)26-2/h3-8H,1-2H3,(H,24,25). The Morgan fingerprint density at radius 3 is 2.58 bits per heavy atom. The fourth-order valence-electron chi connectivity index (χ4n) is 2.41. The third-order valence-corrected chi connectivity index (χ3v) is 3.82. The number of nitrogens with zero attached hydrogens (tertiary/aromatic N) is 4. The molecule has 0 aliphatic heterocycles. The predicted molar refractivity (Wildman–Crippen MR) is 94.1 cm³/mol. The molecule has 3 rings (SSSR count). The van der Waals surface area contributed by atoms with E-state index < -0.39 is 5.97 Å². The zero-order valence-corrected chi connectivity index (χ0v) is 14.6. The van der Waals surface area contributed by atoms with E-state index in [4.69, 9.17) is 16.3 Å². The highest BCUT2D eigenvalue weighted by Gasteiger charge is 2.19. The van der Waals surface area contributed by atoms with Gasteiger partial charge in [-0.05, 0) is 24.6 Å². The van der Waals surface area contributed by atoms with Crippen LogP contribution in [0.25, 0.3) is 16.9 Å². The van der Waals surface area contributed by atoms with Gasteiger partial charge >= 0.3 is 5.97 Å². The van der Waals surface area contributed by atoms with Gasteiger partial charge in [-0.3, -0.25) is 4.79 Å². The molecular formula is C17H13ClN4O4. The molecule has 26 heavy (non-hydrogen) atoms. The van der Waals surface area contributed by atoms with E-state index in [0.717, 1.165) is 10.9 Å². The fourth-order valence-corrected chi connectivity index (χ4v) is 2.57. The molecule has 8 nitrogen and oxygen atoms in total. The second-order valence-electron chi connectivity index (χ2n) is 5.38. The molecule has 0 fully saturated rings. The first-order valence-electron chi connectivity index (χ1n) is 7.40. The van der Waals surface area contributed by atoms with E-state index in [-0.39, 0.29) is 27.7 Å². The number of carboxylic acid groups (broad SMARTS) is 1. The molecule has 0 atom stereocenters. The second kappa shape index (κ2) is 6.93. The van der Waals surface area contributed by atoms with E-state index in [1.807, 2.05) is 0 Å². The molecule has 9 heteroatoms. The van der Waals surface area contributed by atoms with Gasteiger partial charge < -0.3 is 9.84 Å². The van der Waals surface area contributed by atoms with Crippen LogP contribution in [-0.2, 0) is 0 Å². The number of rotatable bonds is 4. The maximum absolute atomic E-state index is 12.2. The Morgan fingerprint density at radius 2 is 1.92 bits per heavy atom. The van der Waals surface area contributed by atoms with Crippen molar-refractivity contribution in [2.75, 3.05) is 7.11 Å². The number of carbonyl (C=O) groups is 1. The summed E-state index contributed by atoms with van der Waals surface area (Å²) in [5.74, 6) is -0.679.